The Morgan fingerprint density at radius 2 is 1.50 bits per heavy atom. The molecule has 0 bridgehead atoms. The third-order valence-corrected chi connectivity index (χ3v) is 5.31. The van der Waals surface area contributed by atoms with Gasteiger partial charge in [0, 0.05) is 12.4 Å². The highest BCUT2D eigenvalue weighted by Crippen LogP contribution is 2.09. The maximum absolute atomic E-state index is 12.2. The Morgan fingerprint density at radius 1 is 1.00 bits per heavy atom. The van der Waals surface area contributed by atoms with Crippen LogP contribution in [0.15, 0.2) is 0 Å². The van der Waals surface area contributed by atoms with Crippen molar-refractivity contribution in [2.45, 2.75) is 70.8 Å². The van der Waals surface area contributed by atoms with Crippen molar-refractivity contribution in [3.63, 3.8) is 0 Å². The summed E-state index contributed by atoms with van der Waals surface area (Å²) in [6, 6.07) is -0.631. The van der Waals surface area contributed by atoms with Gasteiger partial charge in [-0.1, -0.05) is 51.9 Å². The van der Waals surface area contributed by atoms with E-state index in [0.29, 0.717) is 17.4 Å². The summed E-state index contributed by atoms with van der Waals surface area (Å²) in [7, 11) is 2.24. The third-order valence-electron chi connectivity index (χ3n) is 3.79. The highest BCUT2D eigenvalue weighted by molar-refractivity contribution is 7.89. The van der Waals surface area contributed by atoms with Gasteiger partial charge >= 0.3 is 0 Å². The van der Waals surface area contributed by atoms with E-state index in [1.165, 1.54) is 25.7 Å². The Hall–Kier alpha value is -0.660. The molecule has 0 aliphatic rings. The fourth-order valence-corrected chi connectivity index (χ4v) is 4.11. The molecule has 0 radical (unpaired) electrons. The monoisotopic (exact) mass is 364 g/mol. The molecule has 1 N–H and O–H groups in total. The summed E-state index contributed by atoms with van der Waals surface area (Å²) in [5.41, 5.74) is 0. The van der Waals surface area contributed by atoms with Crippen LogP contribution in [0.3, 0.4) is 0 Å². The zero-order chi connectivity index (χ0) is 18.6. The van der Waals surface area contributed by atoms with Gasteiger partial charge in [0.25, 0.3) is 0 Å². The maximum Gasteiger partial charge on any atom is 0.212 e. The molecule has 0 fully saturated rings. The normalized spacial score (nSPS) is 13.8. The molecule has 24 heavy (non-hydrogen) atoms. The number of carbonyl (C=O) groups is 1. The molecule has 6 nitrogen and oxygen atoms in total. The molecule has 0 aromatic rings. The van der Waals surface area contributed by atoms with Crippen LogP contribution in [0.2, 0.25) is 0 Å². The van der Waals surface area contributed by atoms with Crippen molar-refractivity contribution in [3.8, 4) is 0 Å². The van der Waals surface area contributed by atoms with Gasteiger partial charge in [0.15, 0.2) is 0 Å². The highest BCUT2D eigenvalue weighted by Gasteiger charge is 2.23. The Labute approximate surface area is 148 Å². The first-order valence-electron chi connectivity index (χ1n) is 9.06. The average Bonchev–Trinajstić information content (AvgIpc) is 2.38. The van der Waals surface area contributed by atoms with Crippen LogP contribution in [0.1, 0.15) is 64.7 Å². The zero-order valence-electron chi connectivity index (χ0n) is 15.8. The summed E-state index contributed by atoms with van der Waals surface area (Å²) in [6.45, 7) is 2.59. The third kappa shape index (κ3) is 14.9. The van der Waals surface area contributed by atoms with E-state index in [9.17, 15) is 18.3 Å². The van der Waals surface area contributed by atoms with E-state index in [-0.39, 0.29) is 12.2 Å². The number of aliphatic carboxylic acids is 1. The topological polar surface area (TPSA) is 86.3 Å². The first-order chi connectivity index (χ1) is 11.1. The first kappa shape index (κ1) is 23.3. The van der Waals surface area contributed by atoms with Crippen molar-refractivity contribution >= 4 is 16.0 Å². The van der Waals surface area contributed by atoms with E-state index in [1.54, 1.807) is 0 Å². The predicted molar refractivity (Wildman–Crippen MR) is 95.8 cm³/mol. The number of carboxylic acid groups (broad SMARTS) is 1. The molecule has 0 saturated carbocycles. The average molecular weight is 365 g/mol. The van der Waals surface area contributed by atoms with Gasteiger partial charge in [-0.3, -0.25) is 0 Å². The van der Waals surface area contributed by atoms with E-state index in [2.05, 4.69) is 11.6 Å². The number of carbonyl (C=O) groups excluding carboxylic acids is 1. The van der Waals surface area contributed by atoms with Crippen LogP contribution in [0.5, 0.6) is 0 Å². The summed E-state index contributed by atoms with van der Waals surface area (Å²) >= 11 is 0. The van der Waals surface area contributed by atoms with E-state index < -0.39 is 22.0 Å². The molecule has 0 unspecified atom stereocenters. The number of rotatable bonds is 15. The molecule has 0 heterocycles. The minimum absolute atomic E-state index is 0.0582. The van der Waals surface area contributed by atoms with Crippen LogP contribution in [-0.4, -0.2) is 58.4 Å². The first-order valence-corrected chi connectivity index (χ1v) is 10.7. The smallest absolute Gasteiger partial charge is 0.212 e. The van der Waals surface area contributed by atoms with Crippen molar-refractivity contribution in [2.75, 3.05) is 33.4 Å². The van der Waals surface area contributed by atoms with Crippen molar-refractivity contribution < 1.29 is 22.8 Å². The van der Waals surface area contributed by atoms with Gasteiger partial charge < -0.3 is 14.4 Å². The highest BCUT2D eigenvalue weighted by atomic mass is 32.2. The maximum atomic E-state index is 12.2. The number of hydrogen-bond acceptors (Lipinski definition) is 4. The molecular weight excluding hydrogens is 328 g/mol. The lowest BCUT2D eigenvalue weighted by Gasteiger charge is -2.29. The molecule has 7 heteroatoms. The number of unbranched alkanes of at least 4 members (excludes halogenated alkanes) is 7. The van der Waals surface area contributed by atoms with Gasteiger partial charge in [-0.05, 0) is 6.42 Å². The van der Waals surface area contributed by atoms with E-state index >= 15 is 0 Å². The van der Waals surface area contributed by atoms with Crippen LogP contribution < -0.4 is 9.83 Å². The van der Waals surface area contributed by atoms with E-state index in [1.807, 2.05) is 21.1 Å². The van der Waals surface area contributed by atoms with Crippen LogP contribution in [-0.2, 0) is 14.8 Å². The molecule has 144 valence electrons. The SMILES string of the molecule is CCCCCCCCCCS(=O)(=O)N[C@@H](CC(=O)[O-])C[N+](C)(C)C. The second kappa shape index (κ2) is 11.8. The van der Waals surface area contributed by atoms with Gasteiger partial charge in [-0.15, -0.1) is 0 Å². The zero-order valence-corrected chi connectivity index (χ0v) is 16.7. The molecule has 0 saturated heterocycles. The summed E-state index contributed by atoms with van der Waals surface area (Å²) < 4.78 is 27.3. The van der Waals surface area contributed by atoms with E-state index in [0.717, 1.165) is 19.3 Å². The summed E-state index contributed by atoms with van der Waals surface area (Å²) in [4.78, 5) is 10.8. The van der Waals surface area contributed by atoms with E-state index in [4.69, 9.17) is 0 Å². The van der Waals surface area contributed by atoms with Gasteiger partial charge in [-0.25, -0.2) is 13.1 Å². The number of sulfonamides is 1. The van der Waals surface area contributed by atoms with Crippen molar-refractivity contribution in [1.29, 1.82) is 0 Å². The number of carboxylic acids is 1. The van der Waals surface area contributed by atoms with Crippen LogP contribution in [0.25, 0.3) is 0 Å². The molecule has 0 amide bonds. The number of quaternary nitrogens is 1. The van der Waals surface area contributed by atoms with Crippen LogP contribution in [0.4, 0.5) is 0 Å². The summed E-state index contributed by atoms with van der Waals surface area (Å²) in [6.07, 6.45) is 8.39. The van der Waals surface area contributed by atoms with Gasteiger partial charge in [0.2, 0.25) is 10.0 Å². The minimum Gasteiger partial charge on any atom is -0.550 e. The predicted octanol–water partition coefficient (Wildman–Crippen LogP) is 1.26. The summed E-state index contributed by atoms with van der Waals surface area (Å²) in [5, 5.41) is 10.8. The number of nitrogens with zero attached hydrogens (tertiary/aromatic N) is 1. The molecule has 0 aromatic carbocycles. The molecule has 0 spiro atoms. The lowest BCUT2D eigenvalue weighted by atomic mass is 10.1. The lowest BCUT2D eigenvalue weighted by molar-refractivity contribution is -0.871. The molecule has 0 aromatic heterocycles. The summed E-state index contributed by atoms with van der Waals surface area (Å²) in [5.74, 6) is -1.17. The Balaban J connectivity index is 4.16. The fraction of sp³-hybridized carbons (Fsp3) is 0.941. The largest absolute Gasteiger partial charge is 0.550 e. The number of nitrogens with one attached hydrogen (secondary N) is 1. The molecule has 0 rings (SSSR count). The number of likely N-dealkylation sites (N-methyl/N-ethyl adjacent to an activating group) is 1. The second-order valence-corrected chi connectivity index (χ2v) is 9.53. The standard InChI is InChI=1S/C17H36N2O4S/c1-5-6-7-8-9-10-11-12-13-24(22,23)18-16(14-17(20)21)15-19(2,3)4/h16,18H,5-15H2,1-4H3/t16-/m0/s1. The second-order valence-electron chi connectivity index (χ2n) is 7.66. The lowest BCUT2D eigenvalue weighted by Crippen LogP contribution is -2.51. The van der Waals surface area contributed by atoms with Crippen LogP contribution >= 0.6 is 0 Å². The van der Waals surface area contributed by atoms with Crippen molar-refractivity contribution in [3.05, 3.63) is 0 Å². The Kier molecular flexibility index (Phi) is 11.5. The molecular formula is C17H36N2O4S. The van der Waals surface area contributed by atoms with Gasteiger partial charge in [-0.2, -0.15) is 0 Å². The van der Waals surface area contributed by atoms with Crippen molar-refractivity contribution in [2.24, 2.45) is 0 Å². The van der Waals surface area contributed by atoms with Crippen molar-refractivity contribution in [1.82, 2.24) is 4.72 Å². The quantitative estimate of drug-likeness (QED) is 0.350. The Bertz CT molecular complexity index is 444. The molecule has 0 aliphatic heterocycles. The van der Waals surface area contributed by atoms with Gasteiger partial charge in [0.05, 0.1) is 39.5 Å². The van der Waals surface area contributed by atoms with Gasteiger partial charge in [0.1, 0.15) is 0 Å². The Morgan fingerprint density at radius 3 is 1.96 bits per heavy atom. The number of hydrogen-bond donors (Lipinski definition) is 1. The molecule has 1 atom stereocenters. The molecule has 0 aliphatic carbocycles. The fourth-order valence-electron chi connectivity index (χ4n) is 2.74. The minimum atomic E-state index is -3.45. The van der Waals surface area contributed by atoms with Crippen LogP contribution in [0, 0.1) is 0 Å².